The summed E-state index contributed by atoms with van der Waals surface area (Å²) in [5, 5.41) is 19.7. The summed E-state index contributed by atoms with van der Waals surface area (Å²) in [5.41, 5.74) is 2.07. The zero-order valence-electron chi connectivity index (χ0n) is 17.4. The van der Waals surface area contributed by atoms with Crippen LogP contribution in [0.1, 0.15) is 15.4 Å². The van der Waals surface area contributed by atoms with Gasteiger partial charge in [-0.3, -0.25) is 9.69 Å². The molecule has 4 rings (SSSR count). The molecule has 0 bridgehead atoms. The number of phenols is 1. The molecule has 11 heteroatoms. The van der Waals surface area contributed by atoms with Gasteiger partial charge in [-0.05, 0) is 46.8 Å². The van der Waals surface area contributed by atoms with E-state index in [1.165, 1.54) is 10.9 Å². The molecule has 1 fully saturated rings. The normalized spacial score (nSPS) is 15.0. The predicted octanol–water partition coefficient (Wildman–Crippen LogP) is 1.92. The Morgan fingerprint density at radius 2 is 1.88 bits per heavy atom. The monoisotopic (exact) mass is 473 g/mol. The highest BCUT2D eigenvalue weighted by Gasteiger charge is 2.20. The van der Waals surface area contributed by atoms with E-state index in [2.05, 4.69) is 31.4 Å². The topological polar surface area (TPSA) is 116 Å². The van der Waals surface area contributed by atoms with Gasteiger partial charge in [-0.25, -0.2) is 13.1 Å². The lowest BCUT2D eigenvalue weighted by Crippen LogP contribution is -2.46. The zero-order valence-corrected chi connectivity index (χ0v) is 19.1. The van der Waals surface area contributed by atoms with Crippen LogP contribution in [-0.4, -0.2) is 67.0 Å². The Hall–Kier alpha value is -3.02. The largest absolute Gasteiger partial charge is 0.508 e. The number of aromatic nitrogens is 2. The number of hydrogen-bond acceptors (Lipinski definition) is 9. The number of benzene rings is 1. The number of carbonyl (C=O) groups is 1. The second-order valence-electron chi connectivity index (χ2n) is 7.60. The number of sulfonamides is 1. The van der Waals surface area contributed by atoms with Crippen LogP contribution in [0.3, 0.4) is 0 Å². The average Bonchev–Trinajstić information content (AvgIpc) is 3.22. The van der Waals surface area contributed by atoms with Crippen molar-refractivity contribution < 1.29 is 18.3 Å². The number of aromatic hydroxyl groups is 1. The van der Waals surface area contributed by atoms with Crippen molar-refractivity contribution in [2.45, 2.75) is 6.54 Å². The maximum absolute atomic E-state index is 11.8. The maximum Gasteiger partial charge on any atom is 0.285 e. The lowest BCUT2D eigenvalue weighted by molar-refractivity contribution is 0.0976. The third-order valence-electron chi connectivity index (χ3n) is 5.07. The molecule has 168 valence electrons. The molecule has 3 aromatic rings. The number of piperazine rings is 1. The third kappa shape index (κ3) is 5.61. The number of nitrogens with one attached hydrogen (secondary N) is 1. The summed E-state index contributed by atoms with van der Waals surface area (Å²) in [4.78, 5) is 17.6. The van der Waals surface area contributed by atoms with E-state index in [4.69, 9.17) is 0 Å². The Morgan fingerprint density at radius 3 is 2.53 bits per heavy atom. The molecule has 0 saturated carbocycles. The van der Waals surface area contributed by atoms with Gasteiger partial charge in [0.15, 0.2) is 11.5 Å². The maximum atomic E-state index is 11.8. The number of anilines is 1. The smallest absolute Gasteiger partial charge is 0.285 e. The van der Waals surface area contributed by atoms with E-state index in [1.54, 1.807) is 29.5 Å². The van der Waals surface area contributed by atoms with Gasteiger partial charge in [-0.15, -0.1) is 21.5 Å². The van der Waals surface area contributed by atoms with Crippen LogP contribution >= 0.6 is 11.3 Å². The minimum Gasteiger partial charge on any atom is -0.508 e. The van der Waals surface area contributed by atoms with Gasteiger partial charge in [0.1, 0.15) is 5.75 Å². The van der Waals surface area contributed by atoms with Crippen molar-refractivity contribution in [1.82, 2.24) is 19.8 Å². The van der Waals surface area contributed by atoms with Crippen LogP contribution < -0.4 is 9.62 Å². The molecule has 1 amide bonds. The van der Waals surface area contributed by atoms with E-state index in [1.807, 2.05) is 16.9 Å². The van der Waals surface area contributed by atoms with E-state index in [0.717, 1.165) is 50.1 Å². The minimum absolute atomic E-state index is 0.0435. The fraction of sp³-hybridized carbons (Fsp3) is 0.286. The molecule has 32 heavy (non-hydrogen) atoms. The molecule has 1 aromatic carbocycles. The molecule has 0 unspecified atom stereocenters. The second-order valence-corrected chi connectivity index (χ2v) is 10.3. The van der Waals surface area contributed by atoms with E-state index >= 15 is 0 Å². The zero-order chi connectivity index (χ0) is 22.7. The molecule has 2 aromatic heterocycles. The molecule has 1 saturated heterocycles. The molecule has 9 nitrogen and oxygen atoms in total. The predicted molar refractivity (Wildman–Crippen MR) is 123 cm³/mol. The molecule has 0 spiro atoms. The van der Waals surface area contributed by atoms with Gasteiger partial charge in [-0.2, -0.15) is 0 Å². The van der Waals surface area contributed by atoms with Gasteiger partial charge in [0, 0.05) is 37.6 Å². The standard InChI is InChI=1S/C21H23N5O4S2/c1-32(29,30)24-21(28)19-5-6-20(23-22-19)26-9-7-25(8-10-26)13-18-12-16(14-31-18)15-3-2-4-17(27)11-15/h2-6,11-12,14,27H,7-10,13H2,1H3,(H,24,28). The van der Waals surface area contributed by atoms with E-state index < -0.39 is 15.9 Å². The molecule has 2 N–H and O–H groups in total. The summed E-state index contributed by atoms with van der Waals surface area (Å²) in [6.45, 7) is 4.12. The summed E-state index contributed by atoms with van der Waals surface area (Å²) in [7, 11) is -3.64. The number of rotatable bonds is 6. The summed E-state index contributed by atoms with van der Waals surface area (Å²) < 4.78 is 24.2. The minimum atomic E-state index is -3.64. The van der Waals surface area contributed by atoms with Crippen LogP contribution in [0.15, 0.2) is 47.8 Å². The first-order chi connectivity index (χ1) is 15.3. The van der Waals surface area contributed by atoms with Crippen molar-refractivity contribution in [3.63, 3.8) is 0 Å². The molecule has 0 aliphatic carbocycles. The first kappa shape index (κ1) is 22.2. The fourth-order valence-electron chi connectivity index (χ4n) is 3.49. The number of nitrogens with zero attached hydrogens (tertiary/aromatic N) is 4. The fourth-order valence-corrected chi connectivity index (χ4v) is 4.87. The SMILES string of the molecule is CS(=O)(=O)NC(=O)c1ccc(N2CCN(Cc3cc(-c4cccc(O)c4)cs3)CC2)nn1. The van der Waals surface area contributed by atoms with Crippen molar-refractivity contribution in [3.05, 3.63) is 58.4 Å². The van der Waals surface area contributed by atoms with Gasteiger partial charge in [0.05, 0.1) is 6.26 Å². The Morgan fingerprint density at radius 1 is 1.09 bits per heavy atom. The molecular weight excluding hydrogens is 450 g/mol. The van der Waals surface area contributed by atoms with E-state index in [0.29, 0.717) is 5.82 Å². The van der Waals surface area contributed by atoms with Gasteiger partial charge >= 0.3 is 0 Å². The van der Waals surface area contributed by atoms with Crippen molar-refractivity contribution >= 4 is 33.1 Å². The molecular formula is C21H23N5O4S2. The van der Waals surface area contributed by atoms with E-state index in [9.17, 15) is 18.3 Å². The van der Waals surface area contributed by atoms with Crippen molar-refractivity contribution in [2.24, 2.45) is 0 Å². The van der Waals surface area contributed by atoms with Crippen LogP contribution in [0.5, 0.6) is 5.75 Å². The van der Waals surface area contributed by atoms with Crippen molar-refractivity contribution in [3.8, 4) is 16.9 Å². The summed E-state index contributed by atoms with van der Waals surface area (Å²) >= 11 is 1.71. The van der Waals surface area contributed by atoms with Crippen LogP contribution in [0.25, 0.3) is 11.1 Å². The van der Waals surface area contributed by atoms with Gasteiger partial charge < -0.3 is 10.0 Å². The first-order valence-electron chi connectivity index (χ1n) is 9.97. The number of carbonyl (C=O) groups excluding carboxylic acids is 1. The third-order valence-corrected chi connectivity index (χ3v) is 6.55. The summed E-state index contributed by atoms with van der Waals surface area (Å²) in [6.07, 6.45) is 0.912. The lowest BCUT2D eigenvalue weighted by Gasteiger charge is -2.34. The van der Waals surface area contributed by atoms with Crippen LogP contribution in [0, 0.1) is 0 Å². The molecule has 0 atom stereocenters. The molecule has 1 aliphatic rings. The number of hydrogen-bond donors (Lipinski definition) is 2. The molecule has 0 radical (unpaired) electrons. The highest BCUT2D eigenvalue weighted by Crippen LogP contribution is 2.29. The molecule has 3 heterocycles. The Kier molecular flexibility index (Phi) is 6.40. The highest BCUT2D eigenvalue weighted by molar-refractivity contribution is 7.89. The van der Waals surface area contributed by atoms with Crippen LogP contribution in [0.4, 0.5) is 5.82 Å². The Balaban J connectivity index is 1.31. The second kappa shape index (κ2) is 9.23. The Bertz CT molecular complexity index is 1200. The van der Waals surface area contributed by atoms with Gasteiger partial charge in [0.25, 0.3) is 5.91 Å². The Labute approximate surface area is 190 Å². The quantitative estimate of drug-likeness (QED) is 0.558. The average molecular weight is 474 g/mol. The lowest BCUT2D eigenvalue weighted by atomic mass is 10.1. The number of amides is 1. The molecule has 1 aliphatic heterocycles. The first-order valence-corrected chi connectivity index (χ1v) is 12.7. The summed E-state index contributed by atoms with van der Waals surface area (Å²) in [6, 6.07) is 12.6. The van der Waals surface area contributed by atoms with E-state index in [-0.39, 0.29) is 11.4 Å². The summed E-state index contributed by atoms with van der Waals surface area (Å²) in [5.74, 6) is 0.124. The van der Waals surface area contributed by atoms with Crippen molar-refractivity contribution in [2.75, 3.05) is 37.3 Å². The number of thiophene rings is 1. The van der Waals surface area contributed by atoms with Crippen LogP contribution in [-0.2, 0) is 16.6 Å². The van der Waals surface area contributed by atoms with Gasteiger partial charge in [0.2, 0.25) is 10.0 Å². The van der Waals surface area contributed by atoms with Crippen molar-refractivity contribution in [1.29, 1.82) is 0 Å². The highest BCUT2D eigenvalue weighted by atomic mass is 32.2. The number of phenolic OH excluding ortho intramolecular Hbond substituents is 1. The van der Waals surface area contributed by atoms with Crippen LogP contribution in [0.2, 0.25) is 0 Å². The van der Waals surface area contributed by atoms with Gasteiger partial charge in [-0.1, -0.05) is 12.1 Å².